The van der Waals surface area contributed by atoms with Gasteiger partial charge in [0.15, 0.2) is 0 Å². The Morgan fingerprint density at radius 1 is 1.45 bits per heavy atom. The molecule has 0 amide bonds. The molecule has 0 unspecified atom stereocenters. The predicted octanol–water partition coefficient (Wildman–Crippen LogP) is 2.57. The fraction of sp³-hybridized carbons (Fsp3) is 0.800. The van der Waals surface area contributed by atoms with E-state index in [0.29, 0.717) is 10.1 Å². The summed E-state index contributed by atoms with van der Waals surface area (Å²) in [5.74, 6) is -0.396. The lowest BCUT2D eigenvalue weighted by Gasteiger charge is -2.10. The summed E-state index contributed by atoms with van der Waals surface area (Å²) in [5.41, 5.74) is 0. The highest BCUT2D eigenvalue weighted by atomic mass is 79.9. The van der Waals surface area contributed by atoms with E-state index >= 15 is 0 Å². The zero-order valence-electron chi connectivity index (χ0n) is 6.05. The van der Waals surface area contributed by atoms with E-state index in [9.17, 15) is 9.36 Å². The fourth-order valence-electron chi connectivity index (χ4n) is 0.309. The van der Waals surface area contributed by atoms with Crippen LogP contribution >= 0.6 is 39.0 Å². The summed E-state index contributed by atoms with van der Waals surface area (Å²) in [6.07, 6.45) is 0.0127. The highest BCUT2D eigenvalue weighted by molar-refractivity contribution is 9.12. The summed E-state index contributed by atoms with van der Waals surface area (Å²) in [6.45, 7) is 1.30. The third-order valence-electron chi connectivity index (χ3n) is 0.939. The van der Waals surface area contributed by atoms with Crippen molar-refractivity contribution in [2.45, 2.75) is 6.92 Å². The van der Waals surface area contributed by atoms with Crippen molar-refractivity contribution in [3.8, 4) is 0 Å². The largest absolute Gasteiger partial charge is 0.458 e. The molecule has 11 heavy (non-hydrogen) atoms. The first-order valence-corrected chi connectivity index (χ1v) is 7.37. The van der Waals surface area contributed by atoms with Gasteiger partial charge in [0.25, 0.3) is 0 Å². The molecule has 0 aliphatic carbocycles. The highest BCUT2D eigenvalue weighted by Crippen LogP contribution is 2.48. The summed E-state index contributed by atoms with van der Waals surface area (Å²) in [7, 11) is -2.34. The number of carbonyl (C=O) groups excluding carboxylic acids is 1. The Labute approximate surface area is 82.5 Å². The van der Waals surface area contributed by atoms with Gasteiger partial charge in [0.2, 0.25) is 0 Å². The minimum Gasteiger partial charge on any atom is -0.458 e. The van der Waals surface area contributed by atoms with Gasteiger partial charge < -0.3 is 9.30 Å². The maximum Gasteiger partial charge on any atom is 0.303 e. The standard InChI is InChI=1S/C5H9Br2O3P/c1-5(8)10-4-11(9,2-6)3-7/h2-4H2,1H3. The van der Waals surface area contributed by atoms with E-state index in [0.717, 1.165) is 0 Å². The quantitative estimate of drug-likeness (QED) is 0.455. The molecule has 0 saturated heterocycles. The van der Waals surface area contributed by atoms with E-state index in [-0.39, 0.29) is 6.35 Å². The topological polar surface area (TPSA) is 43.4 Å². The molecular weight excluding hydrogens is 299 g/mol. The Hall–Kier alpha value is 0.660. The summed E-state index contributed by atoms with van der Waals surface area (Å²) < 4.78 is 16.1. The second-order valence-corrected chi connectivity index (χ2v) is 7.92. The maximum atomic E-state index is 11.5. The smallest absolute Gasteiger partial charge is 0.303 e. The van der Waals surface area contributed by atoms with E-state index in [4.69, 9.17) is 0 Å². The van der Waals surface area contributed by atoms with Crippen molar-refractivity contribution in [2.24, 2.45) is 0 Å². The van der Waals surface area contributed by atoms with Crippen LogP contribution in [0.15, 0.2) is 0 Å². The van der Waals surface area contributed by atoms with Crippen LogP contribution in [-0.2, 0) is 14.1 Å². The SMILES string of the molecule is CC(=O)OCP(=O)(CBr)CBr. The molecule has 0 aromatic carbocycles. The molecule has 0 aromatic heterocycles. The Morgan fingerprint density at radius 2 is 1.91 bits per heavy atom. The monoisotopic (exact) mass is 306 g/mol. The number of rotatable bonds is 4. The maximum absolute atomic E-state index is 11.5. The summed E-state index contributed by atoms with van der Waals surface area (Å²) in [5, 5.41) is 0.747. The fourth-order valence-corrected chi connectivity index (χ4v) is 4.29. The van der Waals surface area contributed by atoms with Gasteiger partial charge in [-0.25, -0.2) is 0 Å². The molecule has 0 bridgehead atoms. The first-order valence-electron chi connectivity index (χ1n) is 2.86. The Kier molecular flexibility index (Phi) is 5.65. The van der Waals surface area contributed by atoms with E-state index in [1.54, 1.807) is 0 Å². The summed E-state index contributed by atoms with van der Waals surface area (Å²) in [6, 6.07) is 0. The van der Waals surface area contributed by atoms with E-state index in [2.05, 4.69) is 36.6 Å². The second-order valence-electron chi connectivity index (χ2n) is 2.06. The first-order chi connectivity index (χ1) is 5.04. The van der Waals surface area contributed by atoms with Gasteiger partial charge in [0.1, 0.15) is 13.5 Å². The van der Waals surface area contributed by atoms with Crippen LogP contribution < -0.4 is 0 Å². The van der Waals surface area contributed by atoms with Gasteiger partial charge in [-0.05, 0) is 0 Å². The van der Waals surface area contributed by atoms with Crippen LogP contribution in [0.5, 0.6) is 0 Å². The average Bonchev–Trinajstić information content (AvgIpc) is 2.00. The zero-order chi connectivity index (χ0) is 8.91. The second kappa shape index (κ2) is 5.33. The summed E-state index contributed by atoms with van der Waals surface area (Å²) in [4.78, 5) is 10.3. The van der Waals surface area contributed by atoms with Crippen molar-refractivity contribution < 1.29 is 14.1 Å². The first kappa shape index (κ1) is 11.7. The van der Waals surface area contributed by atoms with Crippen molar-refractivity contribution >= 4 is 45.0 Å². The molecule has 3 nitrogen and oxygen atoms in total. The van der Waals surface area contributed by atoms with Crippen molar-refractivity contribution in [3.05, 3.63) is 0 Å². The average molecular weight is 308 g/mol. The number of ether oxygens (including phenoxy) is 1. The normalized spacial score (nSPS) is 11.2. The van der Waals surface area contributed by atoms with Crippen molar-refractivity contribution in [2.75, 3.05) is 16.5 Å². The van der Waals surface area contributed by atoms with Gasteiger partial charge in [0.05, 0.1) is 10.1 Å². The van der Waals surface area contributed by atoms with Gasteiger partial charge in [0, 0.05) is 6.92 Å². The Balaban J connectivity index is 3.89. The van der Waals surface area contributed by atoms with Gasteiger partial charge >= 0.3 is 5.97 Å². The molecule has 0 saturated carbocycles. The molecule has 66 valence electrons. The van der Waals surface area contributed by atoms with E-state index in [1.165, 1.54) is 6.92 Å². The lowest BCUT2D eigenvalue weighted by molar-refractivity contribution is -0.138. The number of carbonyl (C=O) groups is 1. The van der Waals surface area contributed by atoms with Crippen molar-refractivity contribution in [3.63, 3.8) is 0 Å². The van der Waals surface area contributed by atoms with Crippen molar-refractivity contribution in [1.82, 2.24) is 0 Å². The lowest BCUT2D eigenvalue weighted by atomic mass is 10.8. The molecule has 0 heterocycles. The van der Waals surface area contributed by atoms with Gasteiger partial charge in [-0.3, -0.25) is 4.79 Å². The van der Waals surface area contributed by atoms with Crippen LogP contribution in [0.1, 0.15) is 6.92 Å². The number of alkyl halides is 2. The molecule has 0 aliphatic rings. The molecular formula is C5H9Br2O3P. The molecule has 0 spiro atoms. The van der Waals surface area contributed by atoms with Crippen molar-refractivity contribution in [1.29, 1.82) is 0 Å². The molecule has 0 N–H and O–H groups in total. The van der Waals surface area contributed by atoms with Crippen LogP contribution in [0.25, 0.3) is 0 Å². The van der Waals surface area contributed by atoms with Crippen LogP contribution in [0.3, 0.4) is 0 Å². The molecule has 0 aliphatic heterocycles. The number of hydrogen-bond acceptors (Lipinski definition) is 3. The van der Waals surface area contributed by atoms with Gasteiger partial charge in [-0.2, -0.15) is 0 Å². The molecule has 0 aromatic rings. The number of halogens is 2. The highest BCUT2D eigenvalue weighted by Gasteiger charge is 2.20. The number of esters is 1. The van der Waals surface area contributed by atoms with Gasteiger partial charge in [-0.15, -0.1) is 0 Å². The van der Waals surface area contributed by atoms with Gasteiger partial charge in [-0.1, -0.05) is 31.9 Å². The number of hydrogen-bond donors (Lipinski definition) is 0. The Morgan fingerprint density at radius 3 is 2.18 bits per heavy atom. The Bertz CT molecular complexity index is 175. The third kappa shape index (κ3) is 4.99. The molecule has 0 radical (unpaired) electrons. The minimum absolute atomic E-state index is 0.0127. The molecule has 0 rings (SSSR count). The lowest BCUT2D eigenvalue weighted by Crippen LogP contribution is -2.02. The third-order valence-corrected chi connectivity index (χ3v) is 7.89. The molecule has 0 fully saturated rings. The predicted molar refractivity (Wildman–Crippen MR) is 51.8 cm³/mol. The minimum atomic E-state index is -2.34. The van der Waals surface area contributed by atoms with Crippen LogP contribution in [0, 0.1) is 0 Å². The van der Waals surface area contributed by atoms with Crippen LogP contribution in [0.4, 0.5) is 0 Å². The van der Waals surface area contributed by atoms with E-state index in [1.807, 2.05) is 0 Å². The van der Waals surface area contributed by atoms with Crippen LogP contribution in [-0.4, -0.2) is 22.5 Å². The zero-order valence-corrected chi connectivity index (χ0v) is 10.1. The van der Waals surface area contributed by atoms with Crippen LogP contribution in [0.2, 0.25) is 0 Å². The van der Waals surface area contributed by atoms with E-state index < -0.39 is 13.1 Å². The molecule has 6 heteroatoms. The molecule has 0 atom stereocenters. The summed E-state index contributed by atoms with van der Waals surface area (Å²) >= 11 is 6.20.